The van der Waals surface area contributed by atoms with Crippen LogP contribution in [0.5, 0.6) is 0 Å². The molecule has 1 aromatic heterocycles. The number of benzene rings is 1. The number of primary amides is 1. The van der Waals surface area contributed by atoms with Crippen molar-refractivity contribution in [2.45, 2.75) is 38.6 Å². The maximum absolute atomic E-state index is 11.3. The maximum Gasteiger partial charge on any atom is 0.248 e. The minimum atomic E-state index is -0.403. The summed E-state index contributed by atoms with van der Waals surface area (Å²) in [6, 6.07) is 7.92. The Morgan fingerprint density at radius 1 is 1.22 bits per heavy atom. The lowest BCUT2D eigenvalue weighted by Gasteiger charge is -2.39. The lowest BCUT2D eigenvalue weighted by molar-refractivity contribution is 0.100. The van der Waals surface area contributed by atoms with E-state index >= 15 is 0 Å². The SMILES string of the molecule is CC1CCN1c1nc2c(c(-c3ccc(C(N)=O)cc3)n1)CCC2. The molecule has 1 aromatic carbocycles. The van der Waals surface area contributed by atoms with Gasteiger partial charge in [0.2, 0.25) is 11.9 Å². The van der Waals surface area contributed by atoms with Gasteiger partial charge in [-0.05, 0) is 44.7 Å². The molecule has 0 spiro atoms. The third-order valence-corrected chi connectivity index (χ3v) is 4.94. The van der Waals surface area contributed by atoms with E-state index in [1.54, 1.807) is 12.1 Å². The van der Waals surface area contributed by atoms with E-state index < -0.39 is 5.91 Å². The second kappa shape index (κ2) is 5.33. The molecule has 1 aliphatic carbocycles. The maximum atomic E-state index is 11.3. The van der Waals surface area contributed by atoms with Gasteiger partial charge < -0.3 is 10.6 Å². The molecule has 1 unspecified atom stereocenters. The minimum Gasteiger partial charge on any atom is -0.366 e. The Bertz CT molecular complexity index is 769. The average molecular weight is 308 g/mol. The number of amides is 1. The monoisotopic (exact) mass is 308 g/mol. The van der Waals surface area contributed by atoms with Crippen LogP contribution in [0.4, 0.5) is 5.95 Å². The number of carbonyl (C=O) groups excluding carboxylic acids is 1. The zero-order chi connectivity index (χ0) is 16.0. The summed E-state index contributed by atoms with van der Waals surface area (Å²) < 4.78 is 0. The smallest absolute Gasteiger partial charge is 0.248 e. The Morgan fingerprint density at radius 3 is 2.61 bits per heavy atom. The Balaban J connectivity index is 1.79. The van der Waals surface area contributed by atoms with E-state index in [4.69, 9.17) is 15.7 Å². The number of aryl methyl sites for hydroxylation is 1. The van der Waals surface area contributed by atoms with Crippen molar-refractivity contribution in [3.05, 3.63) is 41.1 Å². The van der Waals surface area contributed by atoms with Gasteiger partial charge in [0.25, 0.3) is 0 Å². The normalized spacial score (nSPS) is 19.3. The van der Waals surface area contributed by atoms with Crippen molar-refractivity contribution >= 4 is 11.9 Å². The van der Waals surface area contributed by atoms with Crippen LogP contribution in [0.15, 0.2) is 24.3 Å². The van der Waals surface area contributed by atoms with Gasteiger partial charge in [-0.2, -0.15) is 0 Å². The third kappa shape index (κ3) is 2.36. The van der Waals surface area contributed by atoms with Crippen molar-refractivity contribution < 1.29 is 4.79 Å². The highest BCUT2D eigenvalue weighted by Gasteiger charge is 2.29. The predicted molar refractivity (Wildman–Crippen MR) is 89.4 cm³/mol. The molecule has 0 saturated carbocycles. The molecular formula is C18H20N4O. The summed E-state index contributed by atoms with van der Waals surface area (Å²) >= 11 is 0. The van der Waals surface area contributed by atoms with Crippen LogP contribution >= 0.6 is 0 Å². The van der Waals surface area contributed by atoms with Crippen LogP contribution < -0.4 is 10.6 Å². The largest absolute Gasteiger partial charge is 0.366 e. The van der Waals surface area contributed by atoms with E-state index in [1.807, 2.05) is 12.1 Å². The lowest BCUT2D eigenvalue weighted by Crippen LogP contribution is -2.46. The van der Waals surface area contributed by atoms with E-state index in [9.17, 15) is 4.79 Å². The quantitative estimate of drug-likeness (QED) is 0.944. The number of nitrogens with zero attached hydrogens (tertiary/aromatic N) is 3. The van der Waals surface area contributed by atoms with Gasteiger partial charge in [0.05, 0.1) is 5.69 Å². The van der Waals surface area contributed by atoms with E-state index in [1.165, 1.54) is 17.7 Å². The van der Waals surface area contributed by atoms with Gasteiger partial charge in [0.15, 0.2) is 0 Å². The van der Waals surface area contributed by atoms with Crippen molar-refractivity contribution in [2.24, 2.45) is 5.73 Å². The molecule has 4 rings (SSSR count). The zero-order valence-electron chi connectivity index (χ0n) is 13.2. The Hall–Kier alpha value is -2.43. The van der Waals surface area contributed by atoms with Gasteiger partial charge in [-0.3, -0.25) is 4.79 Å². The third-order valence-electron chi connectivity index (χ3n) is 4.94. The van der Waals surface area contributed by atoms with E-state index in [-0.39, 0.29) is 0 Å². The molecule has 1 saturated heterocycles. The molecule has 0 bridgehead atoms. The first-order valence-electron chi connectivity index (χ1n) is 8.20. The fourth-order valence-corrected chi connectivity index (χ4v) is 3.39. The second-order valence-corrected chi connectivity index (χ2v) is 6.42. The van der Waals surface area contributed by atoms with Gasteiger partial charge in [0.1, 0.15) is 0 Å². The van der Waals surface area contributed by atoms with Crippen LogP contribution in [-0.2, 0) is 12.8 Å². The number of hydrogen-bond acceptors (Lipinski definition) is 4. The molecule has 0 radical (unpaired) electrons. The summed E-state index contributed by atoms with van der Waals surface area (Å²) in [5.41, 5.74) is 10.3. The van der Waals surface area contributed by atoms with Gasteiger partial charge in [-0.25, -0.2) is 9.97 Å². The van der Waals surface area contributed by atoms with Crippen molar-refractivity contribution in [2.75, 3.05) is 11.4 Å². The van der Waals surface area contributed by atoms with Crippen molar-refractivity contribution in [1.82, 2.24) is 9.97 Å². The predicted octanol–water partition coefficient (Wildman–Crippen LogP) is 2.33. The van der Waals surface area contributed by atoms with Crippen molar-refractivity contribution in [3.63, 3.8) is 0 Å². The van der Waals surface area contributed by atoms with Crippen LogP contribution in [0.3, 0.4) is 0 Å². The highest BCUT2D eigenvalue weighted by molar-refractivity contribution is 5.93. The number of fused-ring (bicyclic) bond motifs is 1. The molecule has 1 amide bonds. The molecule has 2 aliphatic rings. The van der Waals surface area contributed by atoms with Gasteiger partial charge in [0, 0.05) is 35.0 Å². The fourth-order valence-electron chi connectivity index (χ4n) is 3.39. The van der Waals surface area contributed by atoms with Crippen molar-refractivity contribution in [3.8, 4) is 11.3 Å². The Kier molecular flexibility index (Phi) is 3.29. The average Bonchev–Trinajstić information content (AvgIpc) is 3.01. The summed E-state index contributed by atoms with van der Waals surface area (Å²) in [6.07, 6.45) is 4.38. The van der Waals surface area contributed by atoms with Crippen LogP contribution in [0.2, 0.25) is 0 Å². The van der Waals surface area contributed by atoms with Crippen LogP contribution in [-0.4, -0.2) is 28.5 Å². The fraction of sp³-hybridized carbons (Fsp3) is 0.389. The highest BCUT2D eigenvalue weighted by atomic mass is 16.1. The molecule has 1 aliphatic heterocycles. The lowest BCUT2D eigenvalue weighted by atomic mass is 10.0. The molecule has 1 fully saturated rings. The number of rotatable bonds is 3. The molecule has 5 heteroatoms. The van der Waals surface area contributed by atoms with Gasteiger partial charge in [-0.1, -0.05) is 12.1 Å². The topological polar surface area (TPSA) is 72.1 Å². The molecule has 118 valence electrons. The molecular weight excluding hydrogens is 288 g/mol. The number of anilines is 1. The summed E-state index contributed by atoms with van der Waals surface area (Å²) in [4.78, 5) is 23.2. The highest BCUT2D eigenvalue weighted by Crippen LogP contribution is 2.33. The number of hydrogen-bond donors (Lipinski definition) is 1. The molecule has 1 atom stereocenters. The minimum absolute atomic E-state index is 0.403. The van der Waals surface area contributed by atoms with Crippen LogP contribution in [0, 0.1) is 0 Å². The van der Waals surface area contributed by atoms with E-state index in [0.29, 0.717) is 11.6 Å². The molecule has 2 aromatic rings. The molecule has 2 N–H and O–H groups in total. The molecule has 23 heavy (non-hydrogen) atoms. The second-order valence-electron chi connectivity index (χ2n) is 6.42. The number of nitrogens with two attached hydrogens (primary N) is 1. The first kappa shape index (κ1) is 14.2. The molecule has 2 heterocycles. The van der Waals surface area contributed by atoms with Gasteiger partial charge in [-0.15, -0.1) is 0 Å². The number of carbonyl (C=O) groups is 1. The Morgan fingerprint density at radius 2 is 2.00 bits per heavy atom. The van der Waals surface area contributed by atoms with Crippen molar-refractivity contribution in [1.29, 1.82) is 0 Å². The first-order valence-corrected chi connectivity index (χ1v) is 8.20. The van der Waals surface area contributed by atoms with Gasteiger partial charge >= 0.3 is 0 Å². The standard InChI is InChI=1S/C18H20N4O/c1-11-9-10-22(11)18-20-15-4-2-3-14(15)16(21-18)12-5-7-13(8-6-12)17(19)23/h5-8,11H,2-4,9-10H2,1H3,(H2,19,23). The zero-order valence-corrected chi connectivity index (χ0v) is 13.2. The van der Waals surface area contributed by atoms with E-state index in [2.05, 4.69) is 11.8 Å². The van der Waals surface area contributed by atoms with Crippen LogP contribution in [0.1, 0.15) is 41.4 Å². The summed E-state index contributed by atoms with van der Waals surface area (Å²) in [6.45, 7) is 3.24. The summed E-state index contributed by atoms with van der Waals surface area (Å²) in [5, 5.41) is 0. The first-order chi connectivity index (χ1) is 11.1. The number of aromatic nitrogens is 2. The summed E-state index contributed by atoms with van der Waals surface area (Å²) in [5.74, 6) is 0.443. The van der Waals surface area contributed by atoms with Crippen LogP contribution in [0.25, 0.3) is 11.3 Å². The summed E-state index contributed by atoms with van der Waals surface area (Å²) in [7, 11) is 0. The van der Waals surface area contributed by atoms with E-state index in [0.717, 1.165) is 43.0 Å². The Labute approximate surface area is 135 Å². The molecule has 5 nitrogen and oxygen atoms in total.